The Kier molecular flexibility index (Phi) is 3.39. The van der Waals surface area contributed by atoms with Gasteiger partial charge in [0.25, 0.3) is 0 Å². The van der Waals surface area contributed by atoms with Crippen molar-refractivity contribution in [2.24, 2.45) is 23.7 Å². The van der Waals surface area contributed by atoms with Gasteiger partial charge in [-0.15, -0.1) is 0 Å². The van der Waals surface area contributed by atoms with Gasteiger partial charge in [-0.3, -0.25) is 0 Å². The van der Waals surface area contributed by atoms with Gasteiger partial charge in [-0.05, 0) is 62.4 Å². The lowest BCUT2D eigenvalue weighted by molar-refractivity contribution is -0.0927. The van der Waals surface area contributed by atoms with Gasteiger partial charge >= 0.3 is 0 Å². The highest BCUT2D eigenvalue weighted by Gasteiger charge is 2.47. The molecule has 17 heavy (non-hydrogen) atoms. The average molecular weight is 238 g/mol. The summed E-state index contributed by atoms with van der Waals surface area (Å²) < 4.78 is 0. The van der Waals surface area contributed by atoms with E-state index >= 15 is 0 Å². The highest BCUT2D eigenvalue weighted by Crippen LogP contribution is 2.49. The summed E-state index contributed by atoms with van der Waals surface area (Å²) in [5.41, 5.74) is 0.489. The van der Waals surface area contributed by atoms with E-state index in [1.54, 1.807) is 0 Å². The Labute approximate surface area is 105 Å². The van der Waals surface area contributed by atoms with E-state index < -0.39 is 5.60 Å². The molecule has 0 aromatic carbocycles. The molecule has 2 heteroatoms. The van der Waals surface area contributed by atoms with Crippen molar-refractivity contribution < 1.29 is 10.2 Å². The van der Waals surface area contributed by atoms with Crippen LogP contribution in [0.2, 0.25) is 0 Å². The lowest BCUT2D eigenvalue weighted by Gasteiger charge is -2.50. The summed E-state index contributed by atoms with van der Waals surface area (Å²) in [6, 6.07) is 0. The quantitative estimate of drug-likeness (QED) is 0.690. The fraction of sp³-hybridized carbons (Fsp3) is 0.867. The smallest absolute Gasteiger partial charge is 0.0751 e. The molecule has 2 N–H and O–H groups in total. The second-order valence-corrected chi connectivity index (χ2v) is 6.65. The van der Waals surface area contributed by atoms with Crippen molar-refractivity contribution in [3.05, 3.63) is 11.6 Å². The summed E-state index contributed by atoms with van der Waals surface area (Å²) in [5, 5.41) is 20.5. The fourth-order valence-electron chi connectivity index (χ4n) is 3.82. The zero-order chi connectivity index (χ0) is 12.8. The molecule has 0 spiro atoms. The molecule has 2 aliphatic carbocycles. The second-order valence-electron chi connectivity index (χ2n) is 6.65. The van der Waals surface area contributed by atoms with Crippen LogP contribution >= 0.6 is 0 Å². The summed E-state index contributed by atoms with van der Waals surface area (Å²) in [6.07, 6.45) is 4.58. The van der Waals surface area contributed by atoms with E-state index in [0.717, 1.165) is 24.8 Å². The first-order chi connectivity index (χ1) is 7.83. The lowest BCUT2D eigenvalue weighted by atomic mass is 9.58. The van der Waals surface area contributed by atoms with Crippen molar-refractivity contribution in [3.63, 3.8) is 0 Å². The van der Waals surface area contributed by atoms with Gasteiger partial charge < -0.3 is 10.2 Å². The standard InChI is InChI=1S/C15H26O2/c1-9(2)11-5-6-15(4,17)13-8-14(16)10(3)7-12(11)13/h7,9,11-14,16-17H,5-6,8H2,1-4H3/t11-,12+,13-,14-,15-/m0/s1. The van der Waals surface area contributed by atoms with Crippen LogP contribution in [0.5, 0.6) is 0 Å². The highest BCUT2D eigenvalue weighted by molar-refractivity contribution is 5.17. The number of hydrogen-bond acceptors (Lipinski definition) is 2. The van der Waals surface area contributed by atoms with Crippen molar-refractivity contribution in [1.82, 2.24) is 0 Å². The Morgan fingerprint density at radius 2 is 2.06 bits per heavy atom. The maximum absolute atomic E-state index is 10.5. The zero-order valence-electron chi connectivity index (χ0n) is 11.5. The molecule has 0 unspecified atom stereocenters. The molecule has 98 valence electrons. The van der Waals surface area contributed by atoms with Crippen LogP contribution in [0, 0.1) is 23.7 Å². The monoisotopic (exact) mass is 238 g/mol. The topological polar surface area (TPSA) is 40.5 Å². The molecule has 0 amide bonds. The minimum Gasteiger partial charge on any atom is -0.390 e. The molecule has 0 aromatic rings. The predicted molar refractivity (Wildman–Crippen MR) is 69.5 cm³/mol. The van der Waals surface area contributed by atoms with E-state index in [4.69, 9.17) is 0 Å². The van der Waals surface area contributed by atoms with E-state index in [1.165, 1.54) is 0 Å². The van der Waals surface area contributed by atoms with Gasteiger partial charge in [-0.1, -0.05) is 19.9 Å². The van der Waals surface area contributed by atoms with Crippen LogP contribution in [0.3, 0.4) is 0 Å². The summed E-state index contributed by atoms with van der Waals surface area (Å²) in [4.78, 5) is 0. The van der Waals surface area contributed by atoms with E-state index in [2.05, 4.69) is 19.9 Å². The van der Waals surface area contributed by atoms with Gasteiger partial charge in [0.2, 0.25) is 0 Å². The summed E-state index contributed by atoms with van der Waals surface area (Å²) in [5.74, 6) is 1.98. The summed E-state index contributed by atoms with van der Waals surface area (Å²) in [6.45, 7) is 8.51. The van der Waals surface area contributed by atoms with Crippen molar-refractivity contribution in [2.45, 2.75) is 58.7 Å². The van der Waals surface area contributed by atoms with Crippen LogP contribution in [0.15, 0.2) is 11.6 Å². The van der Waals surface area contributed by atoms with Crippen LogP contribution in [0.4, 0.5) is 0 Å². The molecule has 5 atom stereocenters. The molecular weight excluding hydrogens is 212 g/mol. The molecule has 1 fully saturated rings. The Morgan fingerprint density at radius 1 is 1.41 bits per heavy atom. The number of aliphatic hydroxyl groups is 2. The largest absolute Gasteiger partial charge is 0.390 e. The number of hydrogen-bond donors (Lipinski definition) is 2. The number of rotatable bonds is 1. The van der Waals surface area contributed by atoms with Gasteiger partial charge in [-0.2, -0.15) is 0 Å². The Balaban J connectivity index is 2.32. The van der Waals surface area contributed by atoms with Crippen LogP contribution in [-0.2, 0) is 0 Å². The number of aliphatic hydroxyl groups excluding tert-OH is 1. The minimum absolute atomic E-state index is 0.224. The van der Waals surface area contributed by atoms with Gasteiger partial charge in [0.15, 0.2) is 0 Å². The lowest BCUT2D eigenvalue weighted by Crippen LogP contribution is -2.50. The van der Waals surface area contributed by atoms with E-state index in [1.807, 2.05) is 13.8 Å². The molecule has 0 aliphatic heterocycles. The highest BCUT2D eigenvalue weighted by atomic mass is 16.3. The third-order valence-corrected chi connectivity index (χ3v) is 5.06. The van der Waals surface area contributed by atoms with E-state index in [9.17, 15) is 10.2 Å². The van der Waals surface area contributed by atoms with Crippen LogP contribution in [0.25, 0.3) is 0 Å². The molecule has 0 aromatic heterocycles. The molecule has 2 nitrogen and oxygen atoms in total. The summed E-state index contributed by atoms with van der Waals surface area (Å²) in [7, 11) is 0. The first-order valence-corrected chi connectivity index (χ1v) is 6.91. The molecule has 2 aliphatic rings. The maximum Gasteiger partial charge on any atom is 0.0751 e. The van der Waals surface area contributed by atoms with Gasteiger partial charge in [0, 0.05) is 0 Å². The summed E-state index contributed by atoms with van der Waals surface area (Å²) >= 11 is 0. The second kappa shape index (κ2) is 4.40. The zero-order valence-corrected chi connectivity index (χ0v) is 11.5. The van der Waals surface area contributed by atoms with Crippen LogP contribution < -0.4 is 0 Å². The molecule has 0 heterocycles. The fourth-order valence-corrected chi connectivity index (χ4v) is 3.82. The van der Waals surface area contributed by atoms with Crippen molar-refractivity contribution in [2.75, 3.05) is 0 Å². The number of fused-ring (bicyclic) bond motifs is 1. The Morgan fingerprint density at radius 3 is 2.65 bits per heavy atom. The van der Waals surface area contributed by atoms with E-state index in [0.29, 0.717) is 17.8 Å². The third-order valence-electron chi connectivity index (χ3n) is 5.06. The van der Waals surface area contributed by atoms with Crippen molar-refractivity contribution in [3.8, 4) is 0 Å². The molecule has 0 bridgehead atoms. The Bertz CT molecular complexity index is 317. The van der Waals surface area contributed by atoms with Crippen LogP contribution in [-0.4, -0.2) is 21.9 Å². The van der Waals surface area contributed by atoms with E-state index in [-0.39, 0.29) is 12.0 Å². The average Bonchev–Trinajstić information content (AvgIpc) is 2.20. The van der Waals surface area contributed by atoms with Crippen molar-refractivity contribution in [1.29, 1.82) is 0 Å². The molecule has 2 rings (SSSR count). The first kappa shape index (κ1) is 13.1. The first-order valence-electron chi connectivity index (χ1n) is 6.91. The SMILES string of the molecule is CC1=C[C@@H]2[C@H](C(C)C)CC[C@](C)(O)[C@H]2C[C@@H]1O. The molecule has 0 saturated heterocycles. The third kappa shape index (κ3) is 2.30. The van der Waals surface area contributed by atoms with Gasteiger partial charge in [0.1, 0.15) is 0 Å². The molecule has 0 radical (unpaired) electrons. The number of allylic oxidation sites excluding steroid dienone is 1. The van der Waals surface area contributed by atoms with Crippen molar-refractivity contribution >= 4 is 0 Å². The minimum atomic E-state index is -0.603. The predicted octanol–water partition coefficient (Wildman–Crippen LogP) is 2.75. The van der Waals surface area contributed by atoms with Gasteiger partial charge in [0.05, 0.1) is 11.7 Å². The molecular formula is C15H26O2. The maximum atomic E-state index is 10.5. The normalized spacial score (nSPS) is 46.6. The Hall–Kier alpha value is -0.340. The molecule has 1 saturated carbocycles. The van der Waals surface area contributed by atoms with Gasteiger partial charge in [-0.25, -0.2) is 0 Å². The van der Waals surface area contributed by atoms with Crippen LogP contribution in [0.1, 0.15) is 47.0 Å².